The van der Waals surface area contributed by atoms with Gasteiger partial charge in [-0.25, -0.2) is 4.79 Å². The molecule has 1 aromatic rings. The molecule has 0 spiro atoms. The SMILES string of the molecule is C=C(C)C(=O)OCCNc1ccc(C(C)C)cc1. The maximum absolute atomic E-state index is 11.1. The fourth-order valence-corrected chi connectivity index (χ4v) is 1.45. The first-order valence-electron chi connectivity index (χ1n) is 6.17. The molecule has 0 aliphatic heterocycles. The normalized spacial score (nSPS) is 10.2. The molecule has 1 N–H and O–H groups in total. The molecule has 0 saturated carbocycles. The zero-order chi connectivity index (χ0) is 13.5. The molecule has 0 atom stereocenters. The van der Waals surface area contributed by atoms with Gasteiger partial charge in [0.2, 0.25) is 0 Å². The van der Waals surface area contributed by atoms with E-state index >= 15 is 0 Å². The average molecular weight is 247 g/mol. The highest BCUT2D eigenvalue weighted by Crippen LogP contribution is 2.16. The largest absolute Gasteiger partial charge is 0.460 e. The molecular formula is C15H21NO2. The maximum atomic E-state index is 11.1. The summed E-state index contributed by atoms with van der Waals surface area (Å²) in [5.74, 6) is 0.197. The minimum atomic E-state index is -0.341. The van der Waals surface area contributed by atoms with E-state index in [9.17, 15) is 4.79 Å². The number of rotatable bonds is 6. The topological polar surface area (TPSA) is 38.3 Å². The van der Waals surface area contributed by atoms with Crippen LogP contribution in [0, 0.1) is 0 Å². The molecule has 0 bridgehead atoms. The Hall–Kier alpha value is -1.77. The van der Waals surface area contributed by atoms with Crippen molar-refractivity contribution in [3.05, 3.63) is 42.0 Å². The van der Waals surface area contributed by atoms with Crippen LogP contribution in [0.3, 0.4) is 0 Å². The van der Waals surface area contributed by atoms with E-state index in [0.717, 1.165) is 5.69 Å². The number of hydrogen-bond acceptors (Lipinski definition) is 3. The second kappa shape index (κ2) is 6.84. The van der Waals surface area contributed by atoms with Crippen molar-refractivity contribution >= 4 is 11.7 Å². The Morgan fingerprint density at radius 1 is 1.33 bits per heavy atom. The number of anilines is 1. The van der Waals surface area contributed by atoms with Crippen molar-refractivity contribution in [2.75, 3.05) is 18.5 Å². The highest BCUT2D eigenvalue weighted by Gasteiger charge is 2.02. The summed E-state index contributed by atoms with van der Waals surface area (Å²) >= 11 is 0. The molecule has 1 aromatic carbocycles. The summed E-state index contributed by atoms with van der Waals surface area (Å²) < 4.78 is 4.99. The van der Waals surface area contributed by atoms with Gasteiger partial charge in [0.25, 0.3) is 0 Å². The highest BCUT2D eigenvalue weighted by atomic mass is 16.5. The monoisotopic (exact) mass is 247 g/mol. The predicted molar refractivity (Wildman–Crippen MR) is 74.8 cm³/mol. The molecule has 0 fully saturated rings. The van der Waals surface area contributed by atoms with E-state index in [1.807, 2.05) is 12.1 Å². The third-order valence-corrected chi connectivity index (χ3v) is 2.59. The fraction of sp³-hybridized carbons (Fsp3) is 0.400. The van der Waals surface area contributed by atoms with Gasteiger partial charge in [0, 0.05) is 17.8 Å². The molecule has 0 radical (unpaired) electrons. The summed E-state index contributed by atoms with van der Waals surface area (Å²) in [5, 5.41) is 3.20. The lowest BCUT2D eigenvalue weighted by Gasteiger charge is -2.09. The van der Waals surface area contributed by atoms with Crippen LogP contribution < -0.4 is 5.32 Å². The van der Waals surface area contributed by atoms with Crippen LogP contribution in [0.1, 0.15) is 32.3 Å². The standard InChI is InChI=1S/C15H21NO2/c1-11(2)13-5-7-14(8-6-13)16-9-10-18-15(17)12(3)4/h5-8,11,16H,3,9-10H2,1-2,4H3. The molecule has 0 aromatic heterocycles. The van der Waals surface area contributed by atoms with Crippen molar-refractivity contribution in [2.24, 2.45) is 0 Å². The van der Waals surface area contributed by atoms with E-state index in [4.69, 9.17) is 4.74 Å². The van der Waals surface area contributed by atoms with Crippen LogP contribution in [0.2, 0.25) is 0 Å². The molecule has 18 heavy (non-hydrogen) atoms. The molecule has 0 aliphatic rings. The fourth-order valence-electron chi connectivity index (χ4n) is 1.45. The Morgan fingerprint density at radius 3 is 2.44 bits per heavy atom. The molecule has 3 heteroatoms. The maximum Gasteiger partial charge on any atom is 0.333 e. The van der Waals surface area contributed by atoms with Crippen LogP contribution in [-0.4, -0.2) is 19.1 Å². The minimum absolute atomic E-state index is 0.341. The zero-order valence-corrected chi connectivity index (χ0v) is 11.3. The van der Waals surface area contributed by atoms with E-state index < -0.39 is 0 Å². The first-order chi connectivity index (χ1) is 8.50. The Kier molecular flexibility index (Phi) is 5.43. The molecular weight excluding hydrogens is 226 g/mol. The number of nitrogens with one attached hydrogen (secondary N) is 1. The van der Waals surface area contributed by atoms with Gasteiger partial charge >= 0.3 is 5.97 Å². The number of ether oxygens (including phenoxy) is 1. The molecule has 0 amide bonds. The Morgan fingerprint density at radius 2 is 1.94 bits per heavy atom. The van der Waals surface area contributed by atoms with Gasteiger partial charge in [0.15, 0.2) is 0 Å². The van der Waals surface area contributed by atoms with E-state index in [-0.39, 0.29) is 5.97 Å². The third kappa shape index (κ3) is 4.62. The summed E-state index contributed by atoms with van der Waals surface area (Å²) in [4.78, 5) is 11.1. The summed E-state index contributed by atoms with van der Waals surface area (Å²) in [5.41, 5.74) is 2.77. The number of esters is 1. The lowest BCUT2D eigenvalue weighted by Crippen LogP contribution is -2.14. The Labute approximate surface area is 109 Å². The van der Waals surface area contributed by atoms with Crippen molar-refractivity contribution < 1.29 is 9.53 Å². The van der Waals surface area contributed by atoms with Crippen LogP contribution in [0.5, 0.6) is 0 Å². The lowest BCUT2D eigenvalue weighted by atomic mass is 10.0. The van der Waals surface area contributed by atoms with Crippen molar-refractivity contribution in [1.29, 1.82) is 0 Å². The van der Waals surface area contributed by atoms with Crippen molar-refractivity contribution in [1.82, 2.24) is 0 Å². The second-order valence-electron chi connectivity index (χ2n) is 4.62. The number of carbonyl (C=O) groups excluding carboxylic acids is 1. The van der Waals surface area contributed by atoms with E-state index in [1.54, 1.807) is 6.92 Å². The van der Waals surface area contributed by atoms with Crippen LogP contribution >= 0.6 is 0 Å². The third-order valence-electron chi connectivity index (χ3n) is 2.59. The van der Waals surface area contributed by atoms with Crippen LogP contribution in [0.15, 0.2) is 36.4 Å². The molecule has 1 rings (SSSR count). The van der Waals surface area contributed by atoms with Gasteiger partial charge in [-0.2, -0.15) is 0 Å². The minimum Gasteiger partial charge on any atom is -0.460 e. The number of hydrogen-bond donors (Lipinski definition) is 1. The molecule has 98 valence electrons. The van der Waals surface area contributed by atoms with Crippen LogP contribution in [0.4, 0.5) is 5.69 Å². The lowest BCUT2D eigenvalue weighted by molar-refractivity contribution is -0.138. The van der Waals surface area contributed by atoms with Gasteiger partial charge in [-0.05, 0) is 30.5 Å². The van der Waals surface area contributed by atoms with Crippen molar-refractivity contribution in [2.45, 2.75) is 26.7 Å². The Balaban J connectivity index is 2.31. The Bertz CT molecular complexity index is 407. The highest BCUT2D eigenvalue weighted by molar-refractivity contribution is 5.86. The van der Waals surface area contributed by atoms with Crippen LogP contribution in [0.25, 0.3) is 0 Å². The second-order valence-corrected chi connectivity index (χ2v) is 4.62. The predicted octanol–water partition coefficient (Wildman–Crippen LogP) is 3.34. The van der Waals surface area contributed by atoms with Gasteiger partial charge in [-0.1, -0.05) is 32.6 Å². The number of carbonyl (C=O) groups is 1. The summed E-state index contributed by atoms with van der Waals surface area (Å²) in [6.45, 7) is 10.4. The van der Waals surface area contributed by atoms with Crippen molar-refractivity contribution in [3.8, 4) is 0 Å². The molecule has 0 heterocycles. The van der Waals surface area contributed by atoms with Crippen molar-refractivity contribution in [3.63, 3.8) is 0 Å². The van der Waals surface area contributed by atoms with E-state index in [0.29, 0.717) is 24.6 Å². The van der Waals surface area contributed by atoms with Gasteiger partial charge in [0.05, 0.1) is 0 Å². The average Bonchev–Trinajstić information content (AvgIpc) is 2.34. The molecule has 0 saturated heterocycles. The first kappa shape index (κ1) is 14.3. The molecule has 3 nitrogen and oxygen atoms in total. The quantitative estimate of drug-likeness (QED) is 0.476. The summed E-state index contributed by atoms with van der Waals surface area (Å²) in [7, 11) is 0. The number of benzene rings is 1. The van der Waals surface area contributed by atoms with Gasteiger partial charge in [0.1, 0.15) is 6.61 Å². The first-order valence-corrected chi connectivity index (χ1v) is 6.17. The van der Waals surface area contributed by atoms with Crippen LogP contribution in [-0.2, 0) is 9.53 Å². The van der Waals surface area contributed by atoms with Gasteiger partial charge < -0.3 is 10.1 Å². The summed E-state index contributed by atoms with van der Waals surface area (Å²) in [6.07, 6.45) is 0. The van der Waals surface area contributed by atoms with E-state index in [2.05, 4.69) is 37.9 Å². The zero-order valence-electron chi connectivity index (χ0n) is 11.3. The summed E-state index contributed by atoms with van der Waals surface area (Å²) in [6, 6.07) is 8.28. The van der Waals surface area contributed by atoms with Gasteiger partial charge in [-0.15, -0.1) is 0 Å². The smallest absolute Gasteiger partial charge is 0.333 e. The molecule has 0 unspecified atom stereocenters. The molecule has 0 aliphatic carbocycles. The van der Waals surface area contributed by atoms with E-state index in [1.165, 1.54) is 5.56 Å². The van der Waals surface area contributed by atoms with Gasteiger partial charge in [-0.3, -0.25) is 0 Å².